The molecule has 9 nitrogen and oxygen atoms in total. The fraction of sp³-hybridized carbons (Fsp3) is 0.417. The third-order valence-electron chi connectivity index (χ3n) is 5.35. The summed E-state index contributed by atoms with van der Waals surface area (Å²) < 4.78 is 45.5. The number of ether oxygens (including phenoxy) is 3. The van der Waals surface area contributed by atoms with E-state index in [0.717, 1.165) is 19.3 Å². The van der Waals surface area contributed by atoms with Gasteiger partial charge in [-0.2, -0.15) is 4.31 Å². The van der Waals surface area contributed by atoms with Crippen LogP contribution >= 0.6 is 31.9 Å². The van der Waals surface area contributed by atoms with Crippen LogP contribution in [0.15, 0.2) is 49.3 Å². The van der Waals surface area contributed by atoms with Gasteiger partial charge in [0, 0.05) is 19.2 Å². The van der Waals surface area contributed by atoms with E-state index in [1.165, 1.54) is 23.7 Å². The lowest BCUT2D eigenvalue weighted by atomic mass is 10.2. The molecule has 196 valence electrons. The van der Waals surface area contributed by atoms with E-state index in [4.69, 9.17) is 19.0 Å². The zero-order chi connectivity index (χ0) is 26.3. The molecule has 0 spiro atoms. The van der Waals surface area contributed by atoms with E-state index >= 15 is 0 Å². The van der Waals surface area contributed by atoms with Crippen LogP contribution in [-0.2, 0) is 24.4 Å². The number of sulfonamides is 1. The third-order valence-corrected chi connectivity index (χ3v) is 8.45. The molecule has 0 aliphatic carbocycles. The summed E-state index contributed by atoms with van der Waals surface area (Å²) in [6.45, 7) is 4.50. The molecule has 3 rings (SSSR count). The Morgan fingerprint density at radius 1 is 1.14 bits per heavy atom. The number of rotatable bonds is 10. The summed E-state index contributed by atoms with van der Waals surface area (Å²) >= 11 is 6.97. The smallest absolute Gasteiger partial charge is 0.349 e. The Labute approximate surface area is 228 Å². The number of hydrogen-bond donors (Lipinski definition) is 0. The van der Waals surface area contributed by atoms with Crippen molar-refractivity contribution in [3.05, 3.63) is 44.8 Å². The molecule has 36 heavy (non-hydrogen) atoms. The molecule has 0 aromatic heterocycles. The molecular weight excluding hydrogens is 620 g/mol. The second kappa shape index (κ2) is 12.9. The molecule has 1 saturated heterocycles. The summed E-state index contributed by atoms with van der Waals surface area (Å²) in [5, 5.41) is 3.85. The summed E-state index contributed by atoms with van der Waals surface area (Å²) in [6.07, 6.45) is 3.30. The number of carbonyl (C=O) groups is 1. The van der Waals surface area contributed by atoms with Crippen LogP contribution in [0.1, 0.15) is 38.7 Å². The monoisotopic (exact) mass is 646 g/mol. The van der Waals surface area contributed by atoms with Crippen molar-refractivity contribution in [2.75, 3.05) is 26.8 Å². The Morgan fingerprint density at radius 2 is 1.81 bits per heavy atom. The highest BCUT2D eigenvalue weighted by atomic mass is 79.9. The van der Waals surface area contributed by atoms with Gasteiger partial charge < -0.3 is 19.0 Å². The molecule has 1 heterocycles. The topological polar surface area (TPSA) is 104 Å². The summed E-state index contributed by atoms with van der Waals surface area (Å²) in [4.78, 5) is 16.8. The number of benzene rings is 2. The number of halogens is 2. The average Bonchev–Trinajstić information content (AvgIpc) is 2.86. The second-order valence-corrected chi connectivity index (χ2v) is 11.5. The van der Waals surface area contributed by atoms with Crippen molar-refractivity contribution in [3.63, 3.8) is 0 Å². The summed E-state index contributed by atoms with van der Waals surface area (Å²) in [7, 11) is -2.29. The van der Waals surface area contributed by atoms with Gasteiger partial charge in [-0.3, -0.25) is 0 Å². The molecular formula is C24H28Br2N2O7S. The van der Waals surface area contributed by atoms with Gasteiger partial charge >= 0.3 is 5.97 Å². The Kier molecular flexibility index (Phi) is 10.2. The molecule has 0 N–H and O–H groups in total. The lowest BCUT2D eigenvalue weighted by molar-refractivity contribution is -0.155. The van der Waals surface area contributed by atoms with Crippen LogP contribution in [0.3, 0.4) is 0 Å². The first kappa shape index (κ1) is 28.4. The first-order valence-electron chi connectivity index (χ1n) is 11.4. The van der Waals surface area contributed by atoms with Crippen molar-refractivity contribution in [2.45, 2.75) is 44.1 Å². The van der Waals surface area contributed by atoms with Crippen LogP contribution in [0.4, 0.5) is 0 Å². The van der Waals surface area contributed by atoms with Crippen molar-refractivity contribution < 1.29 is 32.3 Å². The molecule has 0 radical (unpaired) electrons. The highest BCUT2D eigenvalue weighted by molar-refractivity contribution is 9.11. The van der Waals surface area contributed by atoms with E-state index in [0.29, 0.717) is 39.1 Å². The second-order valence-electron chi connectivity index (χ2n) is 7.93. The minimum Gasteiger partial charge on any atom is -0.495 e. The van der Waals surface area contributed by atoms with Crippen molar-refractivity contribution in [1.29, 1.82) is 0 Å². The minimum atomic E-state index is -3.73. The van der Waals surface area contributed by atoms with Crippen molar-refractivity contribution in [2.24, 2.45) is 5.16 Å². The summed E-state index contributed by atoms with van der Waals surface area (Å²) in [5.41, 5.74) is 0.667. The van der Waals surface area contributed by atoms with Crippen molar-refractivity contribution >= 4 is 54.1 Å². The quantitative estimate of drug-likeness (QED) is 0.191. The zero-order valence-electron chi connectivity index (χ0n) is 20.2. The van der Waals surface area contributed by atoms with Crippen molar-refractivity contribution in [1.82, 2.24) is 4.31 Å². The van der Waals surface area contributed by atoms with Crippen molar-refractivity contribution in [3.8, 4) is 17.2 Å². The Balaban J connectivity index is 1.81. The Hall–Kier alpha value is -2.15. The number of nitrogens with zero attached hydrogens (tertiary/aromatic N) is 2. The van der Waals surface area contributed by atoms with Gasteiger partial charge in [0.15, 0.2) is 5.75 Å². The molecule has 1 fully saturated rings. The molecule has 1 aliphatic heterocycles. The Bertz CT molecular complexity index is 1190. The number of piperidine rings is 1. The van der Waals surface area contributed by atoms with Crippen LogP contribution in [0.5, 0.6) is 17.2 Å². The van der Waals surface area contributed by atoms with Gasteiger partial charge in [0.2, 0.25) is 16.1 Å². The van der Waals surface area contributed by atoms with E-state index in [1.54, 1.807) is 38.1 Å². The predicted octanol–water partition coefficient (Wildman–Crippen LogP) is 5.49. The molecule has 0 amide bonds. The number of esters is 1. The zero-order valence-corrected chi connectivity index (χ0v) is 24.2. The first-order chi connectivity index (χ1) is 17.2. The van der Waals surface area contributed by atoms with E-state index < -0.39 is 22.1 Å². The largest absolute Gasteiger partial charge is 0.495 e. The lowest BCUT2D eigenvalue weighted by Gasteiger charge is -2.26. The molecule has 12 heteroatoms. The number of oxime groups is 1. The third kappa shape index (κ3) is 6.99. The van der Waals surface area contributed by atoms with Crippen LogP contribution in [-0.4, -0.2) is 57.8 Å². The standard InChI is InChI=1S/C24H28Br2N2O7S/c1-4-33-24(29)16(2)35-27-15-17-12-19(25)23(20(26)13-17)34-18-8-9-21(32-3)22(14-18)36(30,31)28-10-6-5-7-11-28/h8-9,12-16H,4-7,10-11H2,1-3H3/b27-15+. The van der Waals surface area contributed by atoms with E-state index in [2.05, 4.69) is 37.0 Å². The average molecular weight is 648 g/mol. The lowest BCUT2D eigenvalue weighted by Crippen LogP contribution is -2.35. The number of hydrogen-bond acceptors (Lipinski definition) is 8. The van der Waals surface area contributed by atoms with Gasteiger partial charge in [-0.25, -0.2) is 13.2 Å². The van der Waals surface area contributed by atoms with E-state index in [1.807, 2.05) is 0 Å². The molecule has 0 bridgehead atoms. The van der Waals surface area contributed by atoms with E-state index in [9.17, 15) is 13.2 Å². The van der Waals surface area contributed by atoms with Crippen LogP contribution in [0.25, 0.3) is 0 Å². The minimum absolute atomic E-state index is 0.0632. The molecule has 2 aromatic rings. The maximum absolute atomic E-state index is 13.3. The summed E-state index contributed by atoms with van der Waals surface area (Å²) in [6, 6.07) is 8.19. The molecule has 2 aromatic carbocycles. The number of methoxy groups -OCH3 is 1. The normalized spacial score (nSPS) is 15.5. The Morgan fingerprint density at radius 3 is 2.42 bits per heavy atom. The highest BCUT2D eigenvalue weighted by Gasteiger charge is 2.29. The van der Waals surface area contributed by atoms with Crippen LogP contribution < -0.4 is 9.47 Å². The molecule has 0 saturated carbocycles. The van der Waals surface area contributed by atoms with Crippen LogP contribution in [0, 0.1) is 0 Å². The van der Waals surface area contributed by atoms with Gasteiger partial charge in [-0.15, -0.1) is 0 Å². The van der Waals surface area contributed by atoms with E-state index in [-0.39, 0.29) is 17.3 Å². The first-order valence-corrected chi connectivity index (χ1v) is 14.4. The molecule has 1 atom stereocenters. The maximum atomic E-state index is 13.3. The van der Waals surface area contributed by atoms with Gasteiger partial charge in [-0.05, 0) is 88.4 Å². The SMILES string of the molecule is CCOC(=O)C(C)O/N=C/c1cc(Br)c(Oc2ccc(OC)c(S(=O)(=O)N3CCCCC3)c2)c(Br)c1. The number of carbonyl (C=O) groups excluding carboxylic acids is 1. The van der Waals surface area contributed by atoms with Gasteiger partial charge in [0.1, 0.15) is 16.4 Å². The fourth-order valence-corrected chi connectivity index (χ4v) is 6.59. The fourth-order valence-electron chi connectivity index (χ4n) is 3.52. The summed E-state index contributed by atoms with van der Waals surface area (Å²) in [5.74, 6) is 0.539. The maximum Gasteiger partial charge on any atom is 0.349 e. The molecule has 1 unspecified atom stereocenters. The predicted molar refractivity (Wildman–Crippen MR) is 142 cm³/mol. The van der Waals surface area contributed by atoms with Gasteiger partial charge in [0.05, 0.1) is 28.9 Å². The molecule has 1 aliphatic rings. The van der Waals surface area contributed by atoms with Gasteiger partial charge in [-0.1, -0.05) is 11.6 Å². The highest BCUT2D eigenvalue weighted by Crippen LogP contribution is 2.40. The van der Waals surface area contributed by atoms with Crippen LogP contribution in [0.2, 0.25) is 0 Å². The van der Waals surface area contributed by atoms with Gasteiger partial charge in [0.25, 0.3) is 0 Å².